The summed E-state index contributed by atoms with van der Waals surface area (Å²) in [5.74, 6) is -0.779. The fourth-order valence-electron chi connectivity index (χ4n) is 2.87. The van der Waals surface area contributed by atoms with E-state index in [9.17, 15) is 14.4 Å². The Morgan fingerprint density at radius 1 is 1.09 bits per heavy atom. The second-order valence-corrected chi connectivity index (χ2v) is 7.92. The van der Waals surface area contributed by atoms with Gasteiger partial charge in [-0.25, -0.2) is 4.79 Å². The minimum atomic E-state index is -0.666. The summed E-state index contributed by atoms with van der Waals surface area (Å²) in [6.45, 7) is 1.31. The standard InChI is InChI=1S/C24H21N3O5S/c1-16(20-9-5-11-31-20)26-22(28)14-32-24(30)19-8-2-3-10-21(19)33-15-23(29)27-18-7-4-6-17(12-18)13-25/h2-12,16H,14-15H2,1H3,(H,26,28)(H,27,29). The van der Waals surface area contributed by atoms with Crippen molar-refractivity contribution in [1.82, 2.24) is 5.32 Å². The molecule has 1 unspecified atom stereocenters. The number of anilines is 1. The van der Waals surface area contributed by atoms with Crippen molar-refractivity contribution in [3.05, 3.63) is 83.8 Å². The van der Waals surface area contributed by atoms with Gasteiger partial charge in [-0.1, -0.05) is 18.2 Å². The third-order valence-corrected chi connectivity index (χ3v) is 5.50. The lowest BCUT2D eigenvalue weighted by atomic mass is 10.2. The zero-order valence-corrected chi connectivity index (χ0v) is 18.6. The van der Waals surface area contributed by atoms with Crippen LogP contribution in [-0.2, 0) is 14.3 Å². The molecule has 0 radical (unpaired) electrons. The molecule has 0 aliphatic rings. The second kappa shape index (κ2) is 11.5. The fourth-order valence-corrected chi connectivity index (χ4v) is 3.71. The summed E-state index contributed by atoms with van der Waals surface area (Å²) < 4.78 is 10.4. The molecular formula is C24H21N3O5S. The molecule has 2 aromatic carbocycles. The molecule has 0 fully saturated rings. The number of hydrogen-bond donors (Lipinski definition) is 2. The van der Waals surface area contributed by atoms with Crippen LogP contribution in [0.5, 0.6) is 0 Å². The van der Waals surface area contributed by atoms with E-state index in [1.165, 1.54) is 18.0 Å². The SMILES string of the molecule is CC(NC(=O)COC(=O)c1ccccc1SCC(=O)Nc1cccc(C#N)c1)c1ccco1. The first-order chi connectivity index (χ1) is 16.0. The van der Waals surface area contributed by atoms with Crippen molar-refractivity contribution in [2.45, 2.75) is 17.9 Å². The summed E-state index contributed by atoms with van der Waals surface area (Å²) in [5, 5.41) is 14.4. The normalized spacial score (nSPS) is 11.2. The number of nitrogens with one attached hydrogen (secondary N) is 2. The number of esters is 1. The lowest BCUT2D eigenvalue weighted by Gasteiger charge is -2.12. The van der Waals surface area contributed by atoms with Gasteiger partial charge in [0.15, 0.2) is 6.61 Å². The van der Waals surface area contributed by atoms with E-state index in [-0.39, 0.29) is 23.3 Å². The minimum Gasteiger partial charge on any atom is -0.467 e. The van der Waals surface area contributed by atoms with Gasteiger partial charge in [-0.3, -0.25) is 9.59 Å². The van der Waals surface area contributed by atoms with Crippen molar-refractivity contribution in [1.29, 1.82) is 5.26 Å². The molecule has 0 spiro atoms. The largest absolute Gasteiger partial charge is 0.467 e. The highest BCUT2D eigenvalue weighted by molar-refractivity contribution is 8.00. The molecule has 168 valence electrons. The number of furan rings is 1. The van der Waals surface area contributed by atoms with Crippen molar-refractivity contribution < 1.29 is 23.5 Å². The second-order valence-electron chi connectivity index (χ2n) is 6.91. The fraction of sp³-hybridized carbons (Fsp3) is 0.167. The van der Waals surface area contributed by atoms with Gasteiger partial charge < -0.3 is 19.8 Å². The third kappa shape index (κ3) is 6.98. The Kier molecular flexibility index (Phi) is 8.27. The van der Waals surface area contributed by atoms with Crippen LogP contribution in [0.2, 0.25) is 0 Å². The molecule has 1 aromatic heterocycles. The molecule has 3 aromatic rings. The lowest BCUT2D eigenvalue weighted by molar-refractivity contribution is -0.125. The summed E-state index contributed by atoms with van der Waals surface area (Å²) in [6, 6.07) is 18.4. The van der Waals surface area contributed by atoms with Crippen LogP contribution < -0.4 is 10.6 Å². The maximum absolute atomic E-state index is 12.5. The molecule has 0 bridgehead atoms. The van der Waals surface area contributed by atoms with Gasteiger partial charge in [0.25, 0.3) is 5.91 Å². The Hall–Kier alpha value is -4.03. The predicted molar refractivity (Wildman–Crippen MR) is 123 cm³/mol. The molecule has 2 amide bonds. The number of benzene rings is 2. The van der Waals surface area contributed by atoms with Crippen LogP contribution in [-0.4, -0.2) is 30.1 Å². The molecule has 2 N–H and O–H groups in total. The van der Waals surface area contributed by atoms with Crippen LogP contribution in [0.4, 0.5) is 5.69 Å². The Morgan fingerprint density at radius 2 is 1.91 bits per heavy atom. The van der Waals surface area contributed by atoms with Gasteiger partial charge in [0.1, 0.15) is 5.76 Å². The number of nitrogens with zero attached hydrogens (tertiary/aromatic N) is 1. The number of thioether (sulfide) groups is 1. The molecular weight excluding hydrogens is 442 g/mol. The predicted octanol–water partition coefficient (Wildman–Crippen LogP) is 3.92. The topological polar surface area (TPSA) is 121 Å². The van der Waals surface area contributed by atoms with E-state index in [0.717, 1.165) is 0 Å². The average molecular weight is 464 g/mol. The first kappa shape index (κ1) is 23.6. The van der Waals surface area contributed by atoms with Gasteiger partial charge in [0.2, 0.25) is 5.91 Å². The minimum absolute atomic E-state index is 0.0439. The zero-order chi connectivity index (χ0) is 23.6. The molecule has 0 saturated heterocycles. The van der Waals surface area contributed by atoms with Crippen molar-refractivity contribution in [2.24, 2.45) is 0 Å². The van der Waals surface area contributed by atoms with E-state index < -0.39 is 18.5 Å². The van der Waals surface area contributed by atoms with Crippen LogP contribution in [0.25, 0.3) is 0 Å². The van der Waals surface area contributed by atoms with Gasteiger partial charge in [0, 0.05) is 10.6 Å². The van der Waals surface area contributed by atoms with Crippen LogP contribution in [0.15, 0.2) is 76.2 Å². The Morgan fingerprint density at radius 3 is 2.67 bits per heavy atom. The number of ether oxygens (including phenoxy) is 1. The van der Waals surface area contributed by atoms with E-state index in [1.54, 1.807) is 67.6 Å². The summed E-state index contributed by atoms with van der Waals surface area (Å²) in [6.07, 6.45) is 1.51. The monoisotopic (exact) mass is 463 g/mol. The zero-order valence-electron chi connectivity index (χ0n) is 17.7. The van der Waals surface area contributed by atoms with E-state index in [0.29, 0.717) is 21.9 Å². The highest BCUT2D eigenvalue weighted by Crippen LogP contribution is 2.24. The van der Waals surface area contributed by atoms with E-state index >= 15 is 0 Å². The Bertz CT molecular complexity index is 1170. The number of amides is 2. The summed E-state index contributed by atoms with van der Waals surface area (Å²) in [5.41, 5.74) is 1.21. The van der Waals surface area contributed by atoms with Gasteiger partial charge in [-0.15, -0.1) is 11.8 Å². The van der Waals surface area contributed by atoms with E-state index in [1.807, 2.05) is 6.07 Å². The highest BCUT2D eigenvalue weighted by Gasteiger charge is 2.17. The van der Waals surface area contributed by atoms with E-state index in [2.05, 4.69) is 10.6 Å². The van der Waals surface area contributed by atoms with Crippen LogP contribution in [0, 0.1) is 11.3 Å². The van der Waals surface area contributed by atoms with Gasteiger partial charge in [0.05, 0.1) is 35.3 Å². The van der Waals surface area contributed by atoms with Gasteiger partial charge in [-0.2, -0.15) is 5.26 Å². The van der Waals surface area contributed by atoms with Crippen LogP contribution in [0.1, 0.15) is 34.6 Å². The molecule has 0 saturated carbocycles. The summed E-state index contributed by atoms with van der Waals surface area (Å²) in [7, 11) is 0. The van der Waals surface area contributed by atoms with Crippen LogP contribution >= 0.6 is 11.8 Å². The molecule has 0 aliphatic carbocycles. The number of rotatable bonds is 9. The maximum Gasteiger partial charge on any atom is 0.339 e. The molecule has 3 rings (SSSR count). The number of carbonyl (C=O) groups excluding carboxylic acids is 3. The maximum atomic E-state index is 12.5. The highest BCUT2D eigenvalue weighted by atomic mass is 32.2. The van der Waals surface area contributed by atoms with Crippen LogP contribution in [0.3, 0.4) is 0 Å². The average Bonchev–Trinajstić information content (AvgIpc) is 3.37. The molecule has 8 nitrogen and oxygen atoms in total. The van der Waals surface area contributed by atoms with Crippen molar-refractivity contribution >= 4 is 35.2 Å². The lowest BCUT2D eigenvalue weighted by Crippen LogP contribution is -2.31. The molecule has 9 heteroatoms. The number of carbonyl (C=O) groups is 3. The van der Waals surface area contributed by atoms with Crippen molar-refractivity contribution in [3.8, 4) is 6.07 Å². The van der Waals surface area contributed by atoms with Gasteiger partial charge in [-0.05, 0) is 49.4 Å². The molecule has 1 heterocycles. The van der Waals surface area contributed by atoms with E-state index in [4.69, 9.17) is 14.4 Å². The first-order valence-electron chi connectivity index (χ1n) is 9.98. The molecule has 1 atom stereocenters. The quantitative estimate of drug-likeness (QED) is 0.364. The molecule has 33 heavy (non-hydrogen) atoms. The third-order valence-electron chi connectivity index (χ3n) is 4.42. The summed E-state index contributed by atoms with van der Waals surface area (Å²) in [4.78, 5) is 37.5. The first-order valence-corrected chi connectivity index (χ1v) is 11.0. The Balaban J connectivity index is 1.52. The summed E-state index contributed by atoms with van der Waals surface area (Å²) >= 11 is 1.17. The Labute approximate surface area is 194 Å². The van der Waals surface area contributed by atoms with Crippen molar-refractivity contribution in [2.75, 3.05) is 17.7 Å². The number of nitriles is 1. The van der Waals surface area contributed by atoms with Crippen molar-refractivity contribution in [3.63, 3.8) is 0 Å². The van der Waals surface area contributed by atoms with Gasteiger partial charge >= 0.3 is 5.97 Å². The molecule has 0 aliphatic heterocycles. The smallest absolute Gasteiger partial charge is 0.339 e. The number of hydrogen-bond acceptors (Lipinski definition) is 7.